The zero-order valence-electron chi connectivity index (χ0n) is 12.2. The summed E-state index contributed by atoms with van der Waals surface area (Å²) in [5, 5.41) is 0. The summed E-state index contributed by atoms with van der Waals surface area (Å²) in [6.07, 6.45) is 1.72. The van der Waals surface area contributed by atoms with E-state index in [4.69, 9.17) is 4.74 Å². The van der Waals surface area contributed by atoms with Crippen LogP contribution in [-0.4, -0.2) is 37.1 Å². The average Bonchev–Trinajstić information content (AvgIpc) is 2.45. The van der Waals surface area contributed by atoms with Gasteiger partial charge in [0.2, 0.25) is 0 Å². The molecule has 0 aliphatic carbocycles. The van der Waals surface area contributed by atoms with E-state index >= 15 is 0 Å². The van der Waals surface area contributed by atoms with Gasteiger partial charge in [0, 0.05) is 19.7 Å². The average molecular weight is 346 g/mol. The van der Waals surface area contributed by atoms with Gasteiger partial charge in [-0.2, -0.15) is 0 Å². The van der Waals surface area contributed by atoms with Crippen LogP contribution in [-0.2, 0) is 4.74 Å². The smallest absolute Gasteiger partial charge is 0.255 e. The predicted octanol–water partition coefficient (Wildman–Crippen LogP) is 3.87. The van der Waals surface area contributed by atoms with E-state index in [0.29, 0.717) is 18.7 Å². The van der Waals surface area contributed by atoms with Gasteiger partial charge in [-0.3, -0.25) is 4.79 Å². The highest BCUT2D eigenvalue weighted by atomic mass is 79.9. The third-order valence-corrected chi connectivity index (χ3v) is 4.17. The van der Waals surface area contributed by atoms with E-state index in [0.717, 1.165) is 12.8 Å². The minimum absolute atomic E-state index is 0.132. The summed E-state index contributed by atoms with van der Waals surface area (Å²) in [4.78, 5) is 14.4. The molecule has 0 radical (unpaired) electrons. The summed E-state index contributed by atoms with van der Waals surface area (Å²) in [5.41, 5.74) is 0.355. The molecule has 0 unspecified atom stereocenters. The van der Waals surface area contributed by atoms with Crippen LogP contribution in [0.1, 0.15) is 37.0 Å². The molecule has 1 amide bonds. The molecule has 0 bridgehead atoms. The highest BCUT2D eigenvalue weighted by Gasteiger charge is 2.24. The maximum atomic E-state index is 13.6. The zero-order valence-corrected chi connectivity index (χ0v) is 13.7. The van der Waals surface area contributed by atoms with Crippen molar-refractivity contribution in [2.24, 2.45) is 0 Å². The molecule has 5 heteroatoms. The molecule has 0 saturated carbocycles. The Labute approximate surface area is 128 Å². The van der Waals surface area contributed by atoms with Gasteiger partial charge in [0.15, 0.2) is 0 Å². The summed E-state index contributed by atoms with van der Waals surface area (Å²) < 4.78 is 18.9. The lowest BCUT2D eigenvalue weighted by Crippen LogP contribution is -2.42. The van der Waals surface area contributed by atoms with Crippen LogP contribution in [0.2, 0.25) is 0 Å². The van der Waals surface area contributed by atoms with Crippen LogP contribution in [0, 0.1) is 5.82 Å². The van der Waals surface area contributed by atoms with Crippen LogP contribution in [0.25, 0.3) is 0 Å². The third-order valence-electron chi connectivity index (χ3n) is 3.36. The lowest BCUT2D eigenvalue weighted by atomic mass is 10.1. The number of carbonyl (C=O) groups is 1. The first kappa shape index (κ1) is 17.1. The highest BCUT2D eigenvalue weighted by Crippen LogP contribution is 2.23. The van der Waals surface area contributed by atoms with Crippen molar-refractivity contribution in [2.45, 2.75) is 32.7 Å². The van der Waals surface area contributed by atoms with Gasteiger partial charge in [-0.05, 0) is 40.9 Å². The number of benzene rings is 1. The second-order valence-corrected chi connectivity index (χ2v) is 5.36. The quantitative estimate of drug-likeness (QED) is 0.750. The molecule has 112 valence electrons. The number of hydrogen-bond acceptors (Lipinski definition) is 2. The second-order valence-electron chi connectivity index (χ2n) is 4.56. The molecule has 0 heterocycles. The summed E-state index contributed by atoms with van der Waals surface area (Å²) in [6, 6.07) is 4.65. The minimum atomic E-state index is -0.424. The fourth-order valence-electron chi connectivity index (χ4n) is 2.19. The molecule has 0 saturated heterocycles. The van der Waals surface area contributed by atoms with Crippen LogP contribution in [0.4, 0.5) is 4.39 Å². The molecule has 0 N–H and O–H groups in total. The standard InChI is InChI=1S/C15H21BrFNO2/c1-4-11(5-2)18(9-10-20-3)15(19)12-7-6-8-13(17)14(12)16/h6-8,11H,4-5,9-10H2,1-3H3. The molecular weight excluding hydrogens is 325 g/mol. The molecule has 1 rings (SSSR count). The molecule has 3 nitrogen and oxygen atoms in total. The summed E-state index contributed by atoms with van der Waals surface area (Å²) >= 11 is 3.16. The van der Waals surface area contributed by atoms with Crippen molar-refractivity contribution in [3.63, 3.8) is 0 Å². The number of hydrogen-bond donors (Lipinski definition) is 0. The fourth-order valence-corrected chi connectivity index (χ4v) is 2.63. The van der Waals surface area contributed by atoms with Gasteiger partial charge in [0.25, 0.3) is 5.91 Å². The van der Waals surface area contributed by atoms with Crippen molar-refractivity contribution < 1.29 is 13.9 Å². The number of methoxy groups -OCH3 is 1. The van der Waals surface area contributed by atoms with Gasteiger partial charge in [-0.1, -0.05) is 19.9 Å². The van der Waals surface area contributed by atoms with E-state index in [9.17, 15) is 9.18 Å². The van der Waals surface area contributed by atoms with E-state index < -0.39 is 5.82 Å². The Morgan fingerprint density at radius 1 is 1.40 bits per heavy atom. The van der Waals surface area contributed by atoms with Crippen molar-refractivity contribution in [3.8, 4) is 0 Å². The Bertz CT molecular complexity index is 449. The number of halogens is 2. The number of ether oxygens (including phenoxy) is 1. The van der Waals surface area contributed by atoms with Crippen molar-refractivity contribution in [1.82, 2.24) is 4.90 Å². The van der Waals surface area contributed by atoms with Crippen molar-refractivity contribution in [2.75, 3.05) is 20.3 Å². The van der Waals surface area contributed by atoms with Gasteiger partial charge in [0.05, 0.1) is 16.6 Å². The van der Waals surface area contributed by atoms with Crippen LogP contribution >= 0.6 is 15.9 Å². The molecule has 1 aromatic rings. The molecule has 0 spiro atoms. The van der Waals surface area contributed by atoms with Crippen molar-refractivity contribution in [3.05, 3.63) is 34.1 Å². The molecule has 0 atom stereocenters. The second kappa shape index (κ2) is 8.37. The summed E-state index contributed by atoms with van der Waals surface area (Å²) in [6.45, 7) is 5.06. The molecule has 0 aliphatic rings. The van der Waals surface area contributed by atoms with Gasteiger partial charge in [0.1, 0.15) is 5.82 Å². The fraction of sp³-hybridized carbons (Fsp3) is 0.533. The molecule has 20 heavy (non-hydrogen) atoms. The number of carbonyl (C=O) groups excluding carboxylic acids is 1. The van der Waals surface area contributed by atoms with E-state index in [-0.39, 0.29) is 16.4 Å². The Balaban J connectivity index is 3.05. The van der Waals surface area contributed by atoms with E-state index in [2.05, 4.69) is 15.9 Å². The van der Waals surface area contributed by atoms with Crippen LogP contribution in [0.3, 0.4) is 0 Å². The summed E-state index contributed by atoms with van der Waals surface area (Å²) in [5.74, 6) is -0.589. The number of rotatable bonds is 7. The zero-order chi connectivity index (χ0) is 15.1. The first-order valence-corrected chi connectivity index (χ1v) is 7.59. The van der Waals surface area contributed by atoms with Crippen LogP contribution in [0.15, 0.2) is 22.7 Å². The van der Waals surface area contributed by atoms with Crippen molar-refractivity contribution in [1.29, 1.82) is 0 Å². The molecule has 1 aromatic carbocycles. The molecule has 0 fully saturated rings. The van der Waals surface area contributed by atoms with Crippen LogP contribution < -0.4 is 0 Å². The molecular formula is C15H21BrFNO2. The van der Waals surface area contributed by atoms with E-state index in [1.165, 1.54) is 6.07 Å². The Morgan fingerprint density at radius 2 is 2.05 bits per heavy atom. The molecule has 0 aliphatic heterocycles. The maximum absolute atomic E-state index is 13.6. The Kier molecular flexibility index (Phi) is 7.16. The van der Waals surface area contributed by atoms with Gasteiger partial charge < -0.3 is 9.64 Å². The maximum Gasteiger partial charge on any atom is 0.255 e. The van der Waals surface area contributed by atoms with E-state index in [1.807, 2.05) is 13.8 Å². The topological polar surface area (TPSA) is 29.5 Å². The molecule has 0 aromatic heterocycles. The summed E-state index contributed by atoms with van der Waals surface area (Å²) in [7, 11) is 1.60. The largest absolute Gasteiger partial charge is 0.383 e. The SMILES string of the molecule is CCC(CC)N(CCOC)C(=O)c1cccc(F)c1Br. The lowest BCUT2D eigenvalue weighted by Gasteiger charge is -2.30. The van der Waals surface area contributed by atoms with Crippen LogP contribution in [0.5, 0.6) is 0 Å². The van der Waals surface area contributed by atoms with Gasteiger partial charge >= 0.3 is 0 Å². The number of nitrogens with zero attached hydrogens (tertiary/aromatic N) is 1. The van der Waals surface area contributed by atoms with Crippen molar-refractivity contribution >= 4 is 21.8 Å². The monoisotopic (exact) mass is 345 g/mol. The number of amides is 1. The van der Waals surface area contributed by atoms with Gasteiger partial charge in [-0.15, -0.1) is 0 Å². The minimum Gasteiger partial charge on any atom is -0.383 e. The van der Waals surface area contributed by atoms with E-state index in [1.54, 1.807) is 24.1 Å². The lowest BCUT2D eigenvalue weighted by molar-refractivity contribution is 0.0588. The normalized spacial score (nSPS) is 10.9. The first-order valence-electron chi connectivity index (χ1n) is 6.80. The first-order chi connectivity index (χ1) is 9.56. The Hall–Kier alpha value is -0.940. The van der Waals surface area contributed by atoms with Gasteiger partial charge in [-0.25, -0.2) is 4.39 Å². The highest BCUT2D eigenvalue weighted by molar-refractivity contribution is 9.10. The predicted molar refractivity (Wildman–Crippen MR) is 81.4 cm³/mol. The Morgan fingerprint density at radius 3 is 2.60 bits per heavy atom. The third kappa shape index (κ3) is 4.03.